The standard InChI is InChI=1S/C8H4FIN2O2/c9-6-3-5(1-2-11)8(12(13)14)4-7(6)10/h3-4H,1H2. The van der Waals surface area contributed by atoms with Crippen molar-refractivity contribution >= 4 is 28.3 Å². The molecule has 0 N–H and O–H groups in total. The number of nitrogens with zero attached hydrogens (tertiary/aromatic N) is 2. The molecule has 0 radical (unpaired) electrons. The monoisotopic (exact) mass is 306 g/mol. The average Bonchev–Trinajstić information content (AvgIpc) is 2.11. The lowest BCUT2D eigenvalue weighted by atomic mass is 10.1. The minimum Gasteiger partial charge on any atom is -0.258 e. The van der Waals surface area contributed by atoms with Crippen molar-refractivity contribution < 1.29 is 9.31 Å². The van der Waals surface area contributed by atoms with Gasteiger partial charge in [-0.05, 0) is 28.7 Å². The number of benzene rings is 1. The van der Waals surface area contributed by atoms with E-state index in [1.165, 1.54) is 0 Å². The summed E-state index contributed by atoms with van der Waals surface area (Å²) in [5.41, 5.74) is -0.104. The molecule has 0 amide bonds. The number of hydrogen-bond acceptors (Lipinski definition) is 3. The Morgan fingerprint density at radius 3 is 2.79 bits per heavy atom. The molecule has 0 aliphatic carbocycles. The van der Waals surface area contributed by atoms with E-state index in [0.717, 1.165) is 12.1 Å². The fourth-order valence-corrected chi connectivity index (χ4v) is 1.42. The minimum absolute atomic E-state index is 0.107. The first-order valence-electron chi connectivity index (χ1n) is 3.55. The van der Waals surface area contributed by atoms with E-state index in [-0.39, 0.29) is 21.2 Å². The van der Waals surface area contributed by atoms with Gasteiger partial charge in [0.15, 0.2) is 0 Å². The van der Waals surface area contributed by atoms with Gasteiger partial charge in [0, 0.05) is 11.6 Å². The highest BCUT2D eigenvalue weighted by Gasteiger charge is 2.16. The highest BCUT2D eigenvalue weighted by molar-refractivity contribution is 14.1. The van der Waals surface area contributed by atoms with Crippen LogP contribution in [-0.2, 0) is 6.42 Å². The predicted molar refractivity (Wildman–Crippen MR) is 55.1 cm³/mol. The van der Waals surface area contributed by atoms with Crippen molar-refractivity contribution in [1.82, 2.24) is 0 Å². The summed E-state index contributed by atoms with van der Waals surface area (Å²) in [5, 5.41) is 18.9. The van der Waals surface area contributed by atoms with E-state index in [4.69, 9.17) is 5.26 Å². The summed E-state index contributed by atoms with van der Waals surface area (Å²) < 4.78 is 13.2. The van der Waals surface area contributed by atoms with Gasteiger partial charge in [-0.25, -0.2) is 4.39 Å². The van der Waals surface area contributed by atoms with E-state index in [9.17, 15) is 14.5 Å². The van der Waals surface area contributed by atoms with Crippen LogP contribution in [0.5, 0.6) is 0 Å². The number of nitro groups is 1. The normalized spacial score (nSPS) is 9.50. The van der Waals surface area contributed by atoms with Crippen LogP contribution in [0.3, 0.4) is 0 Å². The summed E-state index contributed by atoms with van der Waals surface area (Å²) >= 11 is 1.67. The van der Waals surface area contributed by atoms with Crippen LogP contribution >= 0.6 is 22.6 Å². The number of nitriles is 1. The molecule has 0 aliphatic heterocycles. The van der Waals surface area contributed by atoms with Crippen LogP contribution in [-0.4, -0.2) is 4.92 Å². The molecular weight excluding hydrogens is 302 g/mol. The zero-order valence-corrected chi connectivity index (χ0v) is 8.99. The molecular formula is C8H4FIN2O2. The summed E-state index contributed by atoms with van der Waals surface area (Å²) in [6.07, 6.45) is -0.163. The molecule has 0 aliphatic rings. The maximum absolute atomic E-state index is 13.0. The fourth-order valence-electron chi connectivity index (χ4n) is 0.974. The van der Waals surface area contributed by atoms with Crippen LogP contribution in [0.15, 0.2) is 12.1 Å². The topological polar surface area (TPSA) is 66.9 Å². The number of halogens is 2. The Kier molecular flexibility index (Phi) is 3.35. The molecule has 72 valence electrons. The SMILES string of the molecule is N#CCc1cc(F)c(I)cc1[N+](=O)[O-]. The van der Waals surface area contributed by atoms with Crippen LogP contribution in [0.4, 0.5) is 10.1 Å². The zero-order chi connectivity index (χ0) is 10.7. The van der Waals surface area contributed by atoms with Crippen molar-refractivity contribution in [3.63, 3.8) is 0 Å². The highest BCUT2D eigenvalue weighted by Crippen LogP contribution is 2.24. The fraction of sp³-hybridized carbons (Fsp3) is 0.125. The van der Waals surface area contributed by atoms with Crippen LogP contribution in [0, 0.1) is 30.8 Å². The molecule has 0 saturated heterocycles. The van der Waals surface area contributed by atoms with Gasteiger partial charge >= 0.3 is 0 Å². The van der Waals surface area contributed by atoms with Gasteiger partial charge in [0.2, 0.25) is 0 Å². The maximum atomic E-state index is 13.0. The van der Waals surface area contributed by atoms with Crippen molar-refractivity contribution in [3.05, 3.63) is 37.2 Å². The van der Waals surface area contributed by atoms with Crippen molar-refractivity contribution in [1.29, 1.82) is 5.26 Å². The average molecular weight is 306 g/mol. The third-order valence-corrected chi connectivity index (χ3v) is 2.41. The highest BCUT2D eigenvalue weighted by atomic mass is 127. The second kappa shape index (κ2) is 4.32. The Morgan fingerprint density at radius 2 is 2.29 bits per heavy atom. The van der Waals surface area contributed by atoms with Gasteiger partial charge in [-0.1, -0.05) is 0 Å². The summed E-state index contributed by atoms with van der Waals surface area (Å²) in [7, 11) is 0. The third-order valence-electron chi connectivity index (χ3n) is 1.59. The van der Waals surface area contributed by atoms with Crippen molar-refractivity contribution in [2.24, 2.45) is 0 Å². The lowest BCUT2D eigenvalue weighted by Crippen LogP contribution is -1.97. The third kappa shape index (κ3) is 2.17. The largest absolute Gasteiger partial charge is 0.274 e. The lowest BCUT2D eigenvalue weighted by Gasteiger charge is -2.00. The molecule has 1 rings (SSSR count). The first-order chi connectivity index (χ1) is 6.56. The van der Waals surface area contributed by atoms with Gasteiger partial charge in [0.25, 0.3) is 5.69 Å². The van der Waals surface area contributed by atoms with Crippen molar-refractivity contribution in [3.8, 4) is 6.07 Å². The van der Waals surface area contributed by atoms with Crippen molar-refractivity contribution in [2.45, 2.75) is 6.42 Å². The first kappa shape index (κ1) is 10.8. The van der Waals surface area contributed by atoms with Gasteiger partial charge in [-0.15, -0.1) is 0 Å². The Balaban J connectivity index is 3.32. The van der Waals surface area contributed by atoms with Gasteiger partial charge < -0.3 is 0 Å². The van der Waals surface area contributed by atoms with Crippen LogP contribution in [0.1, 0.15) is 5.56 Å². The molecule has 0 saturated carbocycles. The zero-order valence-electron chi connectivity index (χ0n) is 6.83. The molecule has 1 aromatic carbocycles. The van der Waals surface area contributed by atoms with E-state index in [0.29, 0.717) is 0 Å². The quantitative estimate of drug-likeness (QED) is 0.479. The molecule has 0 aromatic heterocycles. The molecule has 0 spiro atoms. The molecule has 0 unspecified atom stereocenters. The Morgan fingerprint density at radius 1 is 1.64 bits per heavy atom. The van der Waals surface area contributed by atoms with E-state index in [1.807, 2.05) is 0 Å². The number of hydrogen-bond donors (Lipinski definition) is 0. The predicted octanol–water partition coefficient (Wildman–Crippen LogP) is 2.40. The Bertz CT molecular complexity index is 428. The Hall–Kier alpha value is -1.23. The van der Waals surface area contributed by atoms with Gasteiger partial charge in [-0.3, -0.25) is 10.1 Å². The smallest absolute Gasteiger partial charge is 0.258 e. The minimum atomic E-state index is -0.617. The van der Waals surface area contributed by atoms with E-state index in [1.54, 1.807) is 28.7 Å². The maximum Gasteiger partial charge on any atom is 0.274 e. The van der Waals surface area contributed by atoms with Crippen LogP contribution < -0.4 is 0 Å². The van der Waals surface area contributed by atoms with Crippen LogP contribution in [0.25, 0.3) is 0 Å². The summed E-state index contributed by atoms with van der Waals surface area (Å²) in [5.74, 6) is -0.540. The van der Waals surface area contributed by atoms with Gasteiger partial charge in [0.1, 0.15) is 5.82 Å². The van der Waals surface area contributed by atoms with E-state index < -0.39 is 10.7 Å². The second-order valence-electron chi connectivity index (χ2n) is 2.49. The summed E-state index contributed by atoms with van der Waals surface area (Å²) in [6.45, 7) is 0. The van der Waals surface area contributed by atoms with Gasteiger partial charge in [-0.2, -0.15) is 5.26 Å². The molecule has 14 heavy (non-hydrogen) atoms. The first-order valence-corrected chi connectivity index (χ1v) is 4.63. The Labute approximate surface area is 92.6 Å². The lowest BCUT2D eigenvalue weighted by molar-refractivity contribution is -0.385. The molecule has 0 heterocycles. The molecule has 0 fully saturated rings. The molecule has 6 heteroatoms. The molecule has 1 aromatic rings. The van der Waals surface area contributed by atoms with Gasteiger partial charge in [0.05, 0.1) is 21.0 Å². The molecule has 0 bridgehead atoms. The van der Waals surface area contributed by atoms with E-state index >= 15 is 0 Å². The van der Waals surface area contributed by atoms with Crippen LogP contribution in [0.2, 0.25) is 0 Å². The molecule has 0 atom stereocenters. The second-order valence-corrected chi connectivity index (χ2v) is 3.65. The summed E-state index contributed by atoms with van der Waals surface area (Å²) in [4.78, 5) is 9.91. The number of nitro benzene ring substituents is 1. The van der Waals surface area contributed by atoms with Crippen molar-refractivity contribution in [2.75, 3.05) is 0 Å². The molecule has 4 nitrogen and oxygen atoms in total. The number of rotatable bonds is 2. The van der Waals surface area contributed by atoms with E-state index in [2.05, 4.69) is 0 Å². The summed E-state index contributed by atoms with van der Waals surface area (Å²) in [6, 6.07) is 3.91.